The number of rotatable bonds is 5. The van der Waals surface area contributed by atoms with Crippen LogP contribution in [0.3, 0.4) is 0 Å². The highest BCUT2D eigenvalue weighted by molar-refractivity contribution is 5.80. The number of nitrogens with one attached hydrogen (secondary N) is 1. The van der Waals surface area contributed by atoms with Crippen LogP contribution in [0, 0.1) is 0 Å². The lowest BCUT2D eigenvalue weighted by Crippen LogP contribution is -2.40. The maximum absolute atomic E-state index is 13.0. The Morgan fingerprint density at radius 3 is 2.62 bits per heavy atom. The van der Waals surface area contributed by atoms with Crippen LogP contribution < -0.4 is 5.32 Å². The summed E-state index contributed by atoms with van der Waals surface area (Å²) in [6.07, 6.45) is 2.34. The van der Waals surface area contributed by atoms with Gasteiger partial charge in [-0.3, -0.25) is 0 Å². The number of amides is 1. The van der Waals surface area contributed by atoms with Crippen molar-refractivity contribution in [1.82, 2.24) is 19.5 Å². The maximum atomic E-state index is 13.0. The molecule has 3 heterocycles. The highest BCUT2D eigenvalue weighted by Crippen LogP contribution is 2.30. The van der Waals surface area contributed by atoms with E-state index in [4.69, 9.17) is 19.6 Å². The highest BCUT2D eigenvalue weighted by atomic mass is 16.6. The normalized spacial score (nSPS) is 15.8. The fourth-order valence-electron chi connectivity index (χ4n) is 4.78. The number of hydrogen-bond acceptors (Lipinski definition) is 6. The largest absolute Gasteiger partial charge is 0.444 e. The Kier molecular flexibility index (Phi) is 6.84. The summed E-state index contributed by atoms with van der Waals surface area (Å²) in [6, 6.07) is 20.3. The number of carbonyl (C=O) groups excluding carboxylic acids is 1. The van der Waals surface area contributed by atoms with Gasteiger partial charge in [0.25, 0.3) is 0 Å². The number of hydrogen-bond donors (Lipinski definition) is 1. The summed E-state index contributed by atoms with van der Waals surface area (Å²) in [5, 5.41) is 8.25. The Hall–Kier alpha value is -3.91. The molecular formula is C29H33N5O3. The monoisotopic (exact) mass is 499 g/mol. The molecule has 1 atom stereocenters. The quantitative estimate of drug-likeness (QED) is 0.391. The predicted octanol–water partition coefficient (Wildman–Crippen LogP) is 5.49. The second-order valence-electron chi connectivity index (χ2n) is 10.3. The number of aromatic nitrogens is 3. The van der Waals surface area contributed by atoms with E-state index < -0.39 is 5.60 Å². The van der Waals surface area contributed by atoms with Crippen molar-refractivity contribution in [2.45, 2.75) is 45.4 Å². The lowest BCUT2D eigenvalue weighted by molar-refractivity contribution is 0.0249. The molecule has 0 fully saturated rings. The minimum Gasteiger partial charge on any atom is -0.444 e. The van der Waals surface area contributed by atoms with Gasteiger partial charge in [-0.25, -0.2) is 9.31 Å². The third-order valence-corrected chi connectivity index (χ3v) is 6.41. The molecule has 2 aromatic carbocycles. The molecule has 0 radical (unpaired) electrons. The Bertz CT molecular complexity index is 1410. The van der Waals surface area contributed by atoms with E-state index in [1.807, 2.05) is 63.4 Å². The first-order valence-corrected chi connectivity index (χ1v) is 12.6. The number of fused-ring (bicyclic) bond motifs is 2. The average molecular weight is 500 g/mol. The SMILES string of the molecule is COCc1ccccc1-c1cccn2nc(NC3CN(C(=O)OC(C)(C)C)CCc4ccccc43)nc12. The minimum absolute atomic E-state index is 0.187. The van der Waals surface area contributed by atoms with Crippen LogP contribution in [-0.2, 0) is 22.5 Å². The van der Waals surface area contributed by atoms with Crippen molar-refractivity contribution in [2.24, 2.45) is 0 Å². The summed E-state index contributed by atoms with van der Waals surface area (Å²) in [6.45, 7) is 7.20. The number of methoxy groups -OCH3 is 1. The van der Waals surface area contributed by atoms with Crippen LogP contribution in [0.4, 0.5) is 10.7 Å². The lowest BCUT2D eigenvalue weighted by atomic mass is 10.00. The molecule has 1 aliphatic heterocycles. The van der Waals surface area contributed by atoms with Crippen molar-refractivity contribution in [3.8, 4) is 11.1 Å². The molecule has 0 saturated heterocycles. The van der Waals surface area contributed by atoms with Crippen molar-refractivity contribution in [1.29, 1.82) is 0 Å². The van der Waals surface area contributed by atoms with Crippen LogP contribution in [0.1, 0.15) is 43.5 Å². The van der Waals surface area contributed by atoms with Crippen LogP contribution in [-0.4, -0.2) is 51.4 Å². The Morgan fingerprint density at radius 2 is 1.81 bits per heavy atom. The summed E-state index contributed by atoms with van der Waals surface area (Å²) in [5.74, 6) is 0.502. The molecule has 8 heteroatoms. The predicted molar refractivity (Wildman–Crippen MR) is 143 cm³/mol. The second-order valence-corrected chi connectivity index (χ2v) is 10.3. The molecule has 5 rings (SSSR count). The van der Waals surface area contributed by atoms with Gasteiger partial charge in [0.15, 0.2) is 5.65 Å². The third-order valence-electron chi connectivity index (χ3n) is 6.41. The fourth-order valence-corrected chi connectivity index (χ4v) is 4.78. The zero-order chi connectivity index (χ0) is 26.0. The van der Waals surface area contributed by atoms with E-state index in [-0.39, 0.29) is 12.1 Å². The topological polar surface area (TPSA) is 81.0 Å². The maximum Gasteiger partial charge on any atom is 0.410 e. The van der Waals surface area contributed by atoms with E-state index in [1.165, 1.54) is 5.56 Å². The lowest BCUT2D eigenvalue weighted by Gasteiger charge is -2.28. The van der Waals surface area contributed by atoms with Gasteiger partial charge in [0.2, 0.25) is 5.95 Å². The molecule has 192 valence electrons. The first-order valence-electron chi connectivity index (χ1n) is 12.6. The van der Waals surface area contributed by atoms with E-state index in [2.05, 4.69) is 29.6 Å². The first-order chi connectivity index (χ1) is 17.8. The van der Waals surface area contributed by atoms with Crippen LogP contribution in [0.5, 0.6) is 0 Å². The minimum atomic E-state index is -0.558. The van der Waals surface area contributed by atoms with E-state index in [0.717, 1.165) is 34.3 Å². The molecule has 37 heavy (non-hydrogen) atoms. The molecule has 4 aromatic rings. The molecule has 0 saturated carbocycles. The molecule has 0 bridgehead atoms. The number of anilines is 1. The van der Waals surface area contributed by atoms with Crippen molar-refractivity contribution < 1.29 is 14.3 Å². The molecular weight excluding hydrogens is 466 g/mol. The standard InChI is InChI=1S/C29H33N5O3/c1-29(2,3)37-28(35)33-17-15-20-10-5-8-13-23(20)25(18-33)30-27-31-26-24(14-9-16-34(26)32-27)22-12-7-6-11-21(22)19-36-4/h5-14,16,25H,15,17-19H2,1-4H3,(H,30,32). The number of pyridine rings is 1. The molecule has 1 amide bonds. The van der Waals surface area contributed by atoms with Gasteiger partial charge < -0.3 is 19.7 Å². The molecule has 0 aliphatic carbocycles. The van der Waals surface area contributed by atoms with Gasteiger partial charge in [-0.2, -0.15) is 4.98 Å². The second kappa shape index (κ2) is 10.2. The van der Waals surface area contributed by atoms with E-state index in [1.54, 1.807) is 16.5 Å². The summed E-state index contributed by atoms with van der Waals surface area (Å²) >= 11 is 0. The molecule has 1 aliphatic rings. The Balaban J connectivity index is 1.48. The van der Waals surface area contributed by atoms with E-state index in [9.17, 15) is 4.79 Å². The third kappa shape index (κ3) is 5.44. The van der Waals surface area contributed by atoms with Gasteiger partial charge in [-0.05, 0) is 61.6 Å². The number of benzene rings is 2. The van der Waals surface area contributed by atoms with Gasteiger partial charge in [-0.1, -0.05) is 48.5 Å². The molecule has 1 unspecified atom stereocenters. The van der Waals surface area contributed by atoms with Crippen molar-refractivity contribution in [2.75, 3.05) is 25.5 Å². The summed E-state index contributed by atoms with van der Waals surface area (Å²) in [4.78, 5) is 19.6. The number of carbonyl (C=O) groups is 1. The number of ether oxygens (including phenoxy) is 2. The van der Waals surface area contributed by atoms with Gasteiger partial charge in [-0.15, -0.1) is 5.10 Å². The average Bonchev–Trinajstić information content (AvgIpc) is 3.19. The van der Waals surface area contributed by atoms with Gasteiger partial charge in [0.05, 0.1) is 12.6 Å². The van der Waals surface area contributed by atoms with E-state index in [0.29, 0.717) is 25.6 Å². The van der Waals surface area contributed by atoms with Crippen molar-refractivity contribution >= 4 is 17.7 Å². The Labute approximate surface area is 217 Å². The van der Waals surface area contributed by atoms with Crippen LogP contribution in [0.15, 0.2) is 66.9 Å². The van der Waals surface area contributed by atoms with Crippen molar-refractivity contribution in [3.63, 3.8) is 0 Å². The molecule has 8 nitrogen and oxygen atoms in total. The fraction of sp³-hybridized carbons (Fsp3) is 0.345. The Morgan fingerprint density at radius 1 is 1.05 bits per heavy atom. The molecule has 2 aromatic heterocycles. The molecule has 1 N–H and O–H groups in total. The first kappa shape index (κ1) is 24.8. The zero-order valence-electron chi connectivity index (χ0n) is 21.8. The summed E-state index contributed by atoms with van der Waals surface area (Å²) in [7, 11) is 1.70. The van der Waals surface area contributed by atoms with Crippen LogP contribution in [0.2, 0.25) is 0 Å². The van der Waals surface area contributed by atoms with Gasteiger partial charge in [0.1, 0.15) is 5.60 Å². The van der Waals surface area contributed by atoms with Crippen molar-refractivity contribution in [3.05, 3.63) is 83.6 Å². The summed E-state index contributed by atoms with van der Waals surface area (Å²) in [5.41, 5.74) is 5.65. The van der Waals surface area contributed by atoms with Crippen LogP contribution in [0.25, 0.3) is 16.8 Å². The van der Waals surface area contributed by atoms with E-state index >= 15 is 0 Å². The summed E-state index contributed by atoms with van der Waals surface area (Å²) < 4.78 is 12.9. The van der Waals surface area contributed by atoms with Gasteiger partial charge >= 0.3 is 6.09 Å². The smallest absolute Gasteiger partial charge is 0.410 e. The molecule has 0 spiro atoms. The van der Waals surface area contributed by atoms with Crippen LogP contribution >= 0.6 is 0 Å². The zero-order valence-corrected chi connectivity index (χ0v) is 21.8. The number of nitrogens with zero attached hydrogens (tertiary/aromatic N) is 4. The van der Waals surface area contributed by atoms with Gasteiger partial charge in [0, 0.05) is 32.0 Å². The highest BCUT2D eigenvalue weighted by Gasteiger charge is 2.29.